The summed E-state index contributed by atoms with van der Waals surface area (Å²) in [6.45, 7) is 9.59. The largest absolute Gasteiger partial charge is 0.494 e. The van der Waals surface area contributed by atoms with E-state index in [1.807, 2.05) is 49.1 Å². The SMILES string of the molecule is CCOc1ccc(NC(=S)N2CCN(Cc3cnn(C)c3C)CC2)cc1. The molecule has 1 aliphatic heterocycles. The molecule has 26 heavy (non-hydrogen) atoms. The van der Waals surface area contributed by atoms with Gasteiger partial charge in [0.05, 0.1) is 12.8 Å². The molecule has 7 heteroatoms. The van der Waals surface area contributed by atoms with Gasteiger partial charge in [-0.15, -0.1) is 0 Å². The minimum atomic E-state index is 0.675. The van der Waals surface area contributed by atoms with E-state index in [0.717, 1.165) is 49.3 Å². The summed E-state index contributed by atoms with van der Waals surface area (Å²) in [5, 5.41) is 8.44. The van der Waals surface area contributed by atoms with E-state index in [1.165, 1.54) is 11.3 Å². The molecule has 1 N–H and O–H groups in total. The molecule has 140 valence electrons. The summed E-state index contributed by atoms with van der Waals surface area (Å²) >= 11 is 5.58. The molecule has 1 aromatic carbocycles. The van der Waals surface area contributed by atoms with Crippen LogP contribution in [0.4, 0.5) is 5.69 Å². The summed E-state index contributed by atoms with van der Waals surface area (Å²) < 4.78 is 7.40. The van der Waals surface area contributed by atoms with Gasteiger partial charge in [-0.3, -0.25) is 9.58 Å². The van der Waals surface area contributed by atoms with Gasteiger partial charge in [-0.1, -0.05) is 0 Å². The van der Waals surface area contributed by atoms with Gasteiger partial charge in [0.2, 0.25) is 0 Å². The maximum absolute atomic E-state index is 5.58. The Morgan fingerprint density at radius 2 is 1.88 bits per heavy atom. The Labute approximate surface area is 160 Å². The van der Waals surface area contributed by atoms with Crippen LogP contribution in [0.1, 0.15) is 18.2 Å². The Bertz CT molecular complexity index is 735. The van der Waals surface area contributed by atoms with E-state index < -0.39 is 0 Å². The number of aryl methyl sites for hydroxylation is 1. The van der Waals surface area contributed by atoms with E-state index >= 15 is 0 Å². The fourth-order valence-corrected chi connectivity index (χ4v) is 3.35. The molecule has 6 nitrogen and oxygen atoms in total. The first-order valence-electron chi connectivity index (χ1n) is 9.05. The Kier molecular flexibility index (Phi) is 6.11. The number of anilines is 1. The Morgan fingerprint density at radius 3 is 2.46 bits per heavy atom. The smallest absolute Gasteiger partial charge is 0.173 e. The van der Waals surface area contributed by atoms with Gasteiger partial charge in [-0.2, -0.15) is 5.10 Å². The molecule has 0 spiro atoms. The second-order valence-electron chi connectivity index (χ2n) is 6.53. The van der Waals surface area contributed by atoms with E-state index in [9.17, 15) is 0 Å². The third-order valence-electron chi connectivity index (χ3n) is 4.81. The zero-order valence-electron chi connectivity index (χ0n) is 15.7. The molecule has 1 aliphatic rings. The number of aromatic nitrogens is 2. The van der Waals surface area contributed by atoms with Crippen LogP contribution in [0.25, 0.3) is 0 Å². The molecule has 0 aliphatic carbocycles. The number of hydrogen-bond donors (Lipinski definition) is 1. The number of benzene rings is 1. The molecule has 1 aromatic heterocycles. The standard InChI is InChI=1S/C19H27N5OS/c1-4-25-18-7-5-17(6-8-18)21-19(26)24-11-9-23(10-12-24)14-16-13-20-22(3)15(16)2/h5-8,13H,4,9-12,14H2,1-3H3,(H,21,26). The Balaban J connectivity index is 1.48. The van der Waals surface area contributed by atoms with Crippen LogP contribution in [-0.2, 0) is 13.6 Å². The number of rotatable bonds is 5. The average molecular weight is 374 g/mol. The Hall–Kier alpha value is -2.12. The highest BCUT2D eigenvalue weighted by atomic mass is 32.1. The highest BCUT2D eigenvalue weighted by Crippen LogP contribution is 2.17. The molecular weight excluding hydrogens is 346 g/mol. The van der Waals surface area contributed by atoms with Crippen molar-refractivity contribution in [3.8, 4) is 5.75 Å². The van der Waals surface area contributed by atoms with Crippen molar-refractivity contribution >= 4 is 23.0 Å². The van der Waals surface area contributed by atoms with Crippen LogP contribution in [0, 0.1) is 6.92 Å². The van der Waals surface area contributed by atoms with E-state index in [4.69, 9.17) is 17.0 Å². The lowest BCUT2D eigenvalue weighted by Gasteiger charge is -2.36. The van der Waals surface area contributed by atoms with Gasteiger partial charge >= 0.3 is 0 Å². The van der Waals surface area contributed by atoms with Gasteiger partial charge in [0.1, 0.15) is 5.75 Å². The van der Waals surface area contributed by atoms with Crippen molar-refractivity contribution in [3.63, 3.8) is 0 Å². The predicted molar refractivity (Wildman–Crippen MR) is 109 cm³/mol. The number of piperazine rings is 1. The van der Waals surface area contributed by atoms with Crippen LogP contribution in [0.3, 0.4) is 0 Å². The average Bonchev–Trinajstić information content (AvgIpc) is 2.96. The van der Waals surface area contributed by atoms with Crippen molar-refractivity contribution in [2.24, 2.45) is 7.05 Å². The first kappa shape index (κ1) is 18.7. The van der Waals surface area contributed by atoms with E-state index in [0.29, 0.717) is 6.61 Å². The van der Waals surface area contributed by atoms with Gasteiger partial charge in [-0.05, 0) is 50.3 Å². The number of nitrogens with zero attached hydrogens (tertiary/aromatic N) is 4. The van der Waals surface area contributed by atoms with Crippen molar-refractivity contribution < 1.29 is 4.74 Å². The summed E-state index contributed by atoms with van der Waals surface area (Å²) in [5.74, 6) is 0.878. The molecule has 3 rings (SSSR count). The number of thiocarbonyl (C=S) groups is 1. The molecule has 1 saturated heterocycles. The van der Waals surface area contributed by atoms with Crippen LogP contribution in [0.15, 0.2) is 30.5 Å². The molecule has 0 amide bonds. The molecule has 0 radical (unpaired) electrons. The lowest BCUT2D eigenvalue weighted by molar-refractivity contribution is 0.176. The van der Waals surface area contributed by atoms with Crippen molar-refractivity contribution in [2.45, 2.75) is 20.4 Å². The van der Waals surface area contributed by atoms with Crippen LogP contribution in [0.2, 0.25) is 0 Å². The summed E-state index contributed by atoms with van der Waals surface area (Å²) in [5.41, 5.74) is 3.53. The molecule has 1 fully saturated rings. The predicted octanol–water partition coefficient (Wildman–Crippen LogP) is 2.64. The van der Waals surface area contributed by atoms with Crippen molar-refractivity contribution in [1.82, 2.24) is 19.6 Å². The third-order valence-corrected chi connectivity index (χ3v) is 5.17. The number of ether oxygens (including phenoxy) is 1. The van der Waals surface area contributed by atoms with E-state index in [1.54, 1.807) is 0 Å². The maximum Gasteiger partial charge on any atom is 0.173 e. The van der Waals surface area contributed by atoms with Crippen molar-refractivity contribution in [3.05, 3.63) is 41.7 Å². The zero-order chi connectivity index (χ0) is 18.5. The maximum atomic E-state index is 5.58. The molecule has 0 saturated carbocycles. The second-order valence-corrected chi connectivity index (χ2v) is 6.92. The van der Waals surface area contributed by atoms with Crippen LogP contribution < -0.4 is 10.1 Å². The first-order valence-corrected chi connectivity index (χ1v) is 9.46. The van der Waals surface area contributed by atoms with Gasteiger partial charge in [0, 0.05) is 56.7 Å². The topological polar surface area (TPSA) is 45.6 Å². The van der Waals surface area contributed by atoms with Crippen LogP contribution in [-0.4, -0.2) is 57.5 Å². The summed E-state index contributed by atoms with van der Waals surface area (Å²) in [6, 6.07) is 7.92. The summed E-state index contributed by atoms with van der Waals surface area (Å²) in [4.78, 5) is 4.69. The summed E-state index contributed by atoms with van der Waals surface area (Å²) in [7, 11) is 1.99. The third kappa shape index (κ3) is 4.53. The second kappa shape index (κ2) is 8.51. The molecule has 0 unspecified atom stereocenters. The van der Waals surface area contributed by atoms with Crippen LogP contribution >= 0.6 is 12.2 Å². The lowest BCUT2D eigenvalue weighted by Crippen LogP contribution is -2.49. The molecule has 0 atom stereocenters. The minimum absolute atomic E-state index is 0.675. The van der Waals surface area contributed by atoms with Gasteiger partial charge in [0.15, 0.2) is 5.11 Å². The molecule has 0 bridgehead atoms. The Morgan fingerprint density at radius 1 is 1.19 bits per heavy atom. The van der Waals surface area contributed by atoms with E-state index in [2.05, 4.69) is 27.1 Å². The molecular formula is C19H27N5OS. The van der Waals surface area contributed by atoms with Gasteiger partial charge in [-0.25, -0.2) is 0 Å². The fourth-order valence-electron chi connectivity index (χ4n) is 3.05. The lowest BCUT2D eigenvalue weighted by atomic mass is 10.2. The minimum Gasteiger partial charge on any atom is -0.494 e. The first-order chi connectivity index (χ1) is 12.6. The molecule has 2 heterocycles. The fraction of sp³-hybridized carbons (Fsp3) is 0.474. The highest BCUT2D eigenvalue weighted by molar-refractivity contribution is 7.80. The van der Waals surface area contributed by atoms with Gasteiger partial charge < -0.3 is 15.0 Å². The van der Waals surface area contributed by atoms with E-state index in [-0.39, 0.29) is 0 Å². The number of hydrogen-bond acceptors (Lipinski definition) is 4. The quantitative estimate of drug-likeness (QED) is 0.813. The number of nitrogens with one attached hydrogen (secondary N) is 1. The zero-order valence-corrected chi connectivity index (χ0v) is 16.6. The highest BCUT2D eigenvalue weighted by Gasteiger charge is 2.20. The van der Waals surface area contributed by atoms with Gasteiger partial charge in [0.25, 0.3) is 0 Å². The monoisotopic (exact) mass is 373 g/mol. The van der Waals surface area contributed by atoms with Crippen molar-refractivity contribution in [1.29, 1.82) is 0 Å². The molecule has 2 aromatic rings. The normalized spacial score (nSPS) is 15.1. The summed E-state index contributed by atoms with van der Waals surface area (Å²) in [6.07, 6.45) is 1.97. The van der Waals surface area contributed by atoms with Crippen LogP contribution in [0.5, 0.6) is 5.75 Å². The van der Waals surface area contributed by atoms with Crippen molar-refractivity contribution in [2.75, 3.05) is 38.1 Å².